The average molecular weight is 130 g/mol. The molecule has 0 aliphatic carbocycles. The predicted octanol–water partition coefficient (Wildman–Crippen LogP) is 0.360. The molecule has 0 amide bonds. The number of allylic oxidation sites excluding steroid dienone is 1. The summed E-state index contributed by atoms with van der Waals surface area (Å²) in [6.45, 7) is 0. The standard InChI is InChI=1S/C6H10O3/c1-8-6(9-2)4-3-5-7/h3-6H,1-2H3/b4-3+. The Labute approximate surface area is 54.3 Å². The van der Waals surface area contributed by atoms with Crippen molar-refractivity contribution in [1.29, 1.82) is 0 Å². The van der Waals surface area contributed by atoms with Crippen LogP contribution in [0.3, 0.4) is 0 Å². The minimum atomic E-state index is -0.407. The Kier molecular flexibility index (Phi) is 5.06. The van der Waals surface area contributed by atoms with Gasteiger partial charge in [-0.25, -0.2) is 0 Å². The first-order valence-corrected chi connectivity index (χ1v) is 2.52. The Morgan fingerprint density at radius 1 is 1.33 bits per heavy atom. The molecule has 0 unspecified atom stereocenters. The number of aldehydes is 1. The van der Waals surface area contributed by atoms with Crippen LogP contribution < -0.4 is 0 Å². The number of ether oxygens (including phenoxy) is 2. The van der Waals surface area contributed by atoms with Crippen molar-refractivity contribution < 1.29 is 14.3 Å². The van der Waals surface area contributed by atoms with Crippen molar-refractivity contribution in [3.05, 3.63) is 12.2 Å². The lowest BCUT2D eigenvalue weighted by molar-refractivity contribution is -0.104. The molecule has 0 bridgehead atoms. The number of carbonyl (C=O) groups is 1. The molecule has 0 atom stereocenters. The van der Waals surface area contributed by atoms with Crippen LogP contribution in [0.4, 0.5) is 0 Å². The quantitative estimate of drug-likeness (QED) is 0.313. The van der Waals surface area contributed by atoms with Gasteiger partial charge < -0.3 is 9.47 Å². The summed E-state index contributed by atoms with van der Waals surface area (Å²) in [6.07, 6.45) is 3.12. The van der Waals surface area contributed by atoms with Gasteiger partial charge in [0.2, 0.25) is 0 Å². The fraction of sp³-hybridized carbons (Fsp3) is 0.500. The van der Waals surface area contributed by atoms with Gasteiger partial charge in [0.25, 0.3) is 0 Å². The van der Waals surface area contributed by atoms with Gasteiger partial charge in [-0.3, -0.25) is 4.79 Å². The smallest absolute Gasteiger partial charge is 0.176 e. The first-order chi connectivity index (χ1) is 4.35. The van der Waals surface area contributed by atoms with E-state index in [4.69, 9.17) is 9.47 Å². The second-order valence-electron chi connectivity index (χ2n) is 1.36. The third-order valence-corrected chi connectivity index (χ3v) is 0.811. The third-order valence-electron chi connectivity index (χ3n) is 0.811. The Hall–Kier alpha value is -0.670. The van der Waals surface area contributed by atoms with E-state index in [-0.39, 0.29) is 0 Å². The van der Waals surface area contributed by atoms with Crippen LogP contribution in [0, 0.1) is 0 Å². The molecule has 0 aliphatic rings. The number of methoxy groups -OCH3 is 2. The van der Waals surface area contributed by atoms with Gasteiger partial charge in [-0.2, -0.15) is 0 Å². The minimum absolute atomic E-state index is 0.407. The SMILES string of the molecule is COC(/C=C/C=O)OC. The zero-order valence-electron chi connectivity index (χ0n) is 5.53. The van der Waals surface area contributed by atoms with Crippen molar-refractivity contribution in [2.24, 2.45) is 0 Å². The number of rotatable bonds is 4. The fourth-order valence-corrected chi connectivity index (χ4v) is 0.389. The van der Waals surface area contributed by atoms with Crippen LogP contribution in [-0.4, -0.2) is 26.8 Å². The molecule has 0 saturated heterocycles. The highest BCUT2D eigenvalue weighted by Gasteiger charge is 1.94. The number of hydrogen-bond donors (Lipinski definition) is 0. The summed E-state index contributed by atoms with van der Waals surface area (Å²) < 4.78 is 9.47. The molecule has 0 aromatic rings. The number of carbonyl (C=O) groups excluding carboxylic acids is 1. The van der Waals surface area contributed by atoms with Crippen LogP contribution in [0.1, 0.15) is 0 Å². The lowest BCUT2D eigenvalue weighted by Gasteiger charge is -2.05. The molecule has 0 radical (unpaired) electrons. The molecule has 9 heavy (non-hydrogen) atoms. The van der Waals surface area contributed by atoms with Gasteiger partial charge in [0.05, 0.1) is 0 Å². The maximum atomic E-state index is 9.74. The van der Waals surface area contributed by atoms with E-state index >= 15 is 0 Å². The van der Waals surface area contributed by atoms with E-state index in [2.05, 4.69) is 0 Å². The van der Waals surface area contributed by atoms with Crippen LogP contribution in [0.5, 0.6) is 0 Å². The lowest BCUT2D eigenvalue weighted by atomic mass is 10.5. The first kappa shape index (κ1) is 8.33. The summed E-state index contributed by atoms with van der Waals surface area (Å²) in [4.78, 5) is 9.74. The van der Waals surface area contributed by atoms with E-state index in [9.17, 15) is 4.79 Å². The second-order valence-corrected chi connectivity index (χ2v) is 1.36. The Balaban J connectivity index is 3.53. The van der Waals surface area contributed by atoms with Crippen molar-refractivity contribution >= 4 is 6.29 Å². The lowest BCUT2D eigenvalue weighted by Crippen LogP contribution is -2.08. The maximum Gasteiger partial charge on any atom is 0.176 e. The molecule has 3 nitrogen and oxygen atoms in total. The fourth-order valence-electron chi connectivity index (χ4n) is 0.389. The highest BCUT2D eigenvalue weighted by molar-refractivity contribution is 5.64. The molecule has 0 aromatic heterocycles. The van der Waals surface area contributed by atoms with Gasteiger partial charge in [0.15, 0.2) is 6.29 Å². The Morgan fingerprint density at radius 2 is 1.89 bits per heavy atom. The molecule has 0 saturated carbocycles. The van der Waals surface area contributed by atoms with Crippen LogP contribution in [0.15, 0.2) is 12.2 Å². The van der Waals surface area contributed by atoms with Gasteiger partial charge in [-0.1, -0.05) is 0 Å². The van der Waals surface area contributed by atoms with E-state index < -0.39 is 6.29 Å². The van der Waals surface area contributed by atoms with Crippen LogP contribution in [0.2, 0.25) is 0 Å². The molecule has 3 heteroatoms. The molecule has 52 valence electrons. The minimum Gasteiger partial charge on any atom is -0.352 e. The zero-order chi connectivity index (χ0) is 7.11. The Morgan fingerprint density at radius 3 is 2.22 bits per heavy atom. The predicted molar refractivity (Wildman–Crippen MR) is 33.0 cm³/mol. The largest absolute Gasteiger partial charge is 0.352 e. The summed E-state index contributed by atoms with van der Waals surface area (Å²) in [6, 6.07) is 0. The van der Waals surface area contributed by atoms with Gasteiger partial charge in [0, 0.05) is 14.2 Å². The van der Waals surface area contributed by atoms with E-state index in [1.165, 1.54) is 26.4 Å². The van der Waals surface area contributed by atoms with Crippen molar-refractivity contribution in [1.82, 2.24) is 0 Å². The topological polar surface area (TPSA) is 35.5 Å². The Bertz CT molecular complexity index is 94.5. The van der Waals surface area contributed by atoms with Crippen molar-refractivity contribution in [3.8, 4) is 0 Å². The van der Waals surface area contributed by atoms with Crippen molar-refractivity contribution in [2.75, 3.05) is 14.2 Å². The highest BCUT2D eigenvalue weighted by atomic mass is 16.7. The van der Waals surface area contributed by atoms with Gasteiger partial charge >= 0.3 is 0 Å². The van der Waals surface area contributed by atoms with Crippen LogP contribution in [0.25, 0.3) is 0 Å². The molecule has 0 rings (SSSR count). The van der Waals surface area contributed by atoms with Gasteiger partial charge in [-0.05, 0) is 12.2 Å². The van der Waals surface area contributed by atoms with Gasteiger partial charge in [0.1, 0.15) is 6.29 Å². The summed E-state index contributed by atoms with van der Waals surface area (Å²) in [5.74, 6) is 0. The first-order valence-electron chi connectivity index (χ1n) is 2.52. The van der Waals surface area contributed by atoms with Crippen molar-refractivity contribution in [3.63, 3.8) is 0 Å². The second kappa shape index (κ2) is 5.47. The molecule has 0 fully saturated rings. The zero-order valence-corrected chi connectivity index (χ0v) is 5.53. The van der Waals surface area contributed by atoms with Crippen molar-refractivity contribution in [2.45, 2.75) is 6.29 Å². The summed E-state index contributed by atoms with van der Waals surface area (Å²) in [5.41, 5.74) is 0. The van der Waals surface area contributed by atoms with E-state index in [0.29, 0.717) is 6.29 Å². The molecular formula is C6H10O3. The average Bonchev–Trinajstić information content (AvgIpc) is 1.91. The van der Waals surface area contributed by atoms with E-state index in [0.717, 1.165) is 0 Å². The number of hydrogen-bond acceptors (Lipinski definition) is 3. The molecular weight excluding hydrogens is 120 g/mol. The maximum absolute atomic E-state index is 9.74. The van der Waals surface area contributed by atoms with Crippen LogP contribution in [-0.2, 0) is 14.3 Å². The normalized spacial score (nSPS) is 11.0. The third kappa shape index (κ3) is 3.88. The molecule has 0 N–H and O–H groups in total. The van der Waals surface area contributed by atoms with E-state index in [1.807, 2.05) is 0 Å². The molecule has 0 aromatic carbocycles. The highest BCUT2D eigenvalue weighted by Crippen LogP contribution is 1.90. The van der Waals surface area contributed by atoms with Gasteiger partial charge in [-0.15, -0.1) is 0 Å². The molecule has 0 aliphatic heterocycles. The summed E-state index contributed by atoms with van der Waals surface area (Å²) in [5, 5.41) is 0. The van der Waals surface area contributed by atoms with Crippen LogP contribution >= 0.6 is 0 Å². The summed E-state index contributed by atoms with van der Waals surface area (Å²) in [7, 11) is 3.01. The van der Waals surface area contributed by atoms with E-state index in [1.54, 1.807) is 0 Å². The monoisotopic (exact) mass is 130 g/mol. The summed E-state index contributed by atoms with van der Waals surface area (Å²) >= 11 is 0. The molecule has 0 heterocycles. The molecule has 0 spiro atoms.